The minimum atomic E-state index is -0.726. The lowest BCUT2D eigenvalue weighted by Gasteiger charge is -2.10. The number of amides is 1. The highest BCUT2D eigenvalue weighted by Gasteiger charge is 2.20. The van der Waals surface area contributed by atoms with E-state index >= 15 is 0 Å². The summed E-state index contributed by atoms with van der Waals surface area (Å²) in [6.07, 6.45) is 0.742. The third-order valence-corrected chi connectivity index (χ3v) is 2.46. The highest BCUT2D eigenvalue weighted by Crippen LogP contribution is 2.15. The van der Waals surface area contributed by atoms with E-state index in [0.717, 1.165) is 12.5 Å². The molecule has 1 saturated heterocycles. The van der Waals surface area contributed by atoms with Crippen LogP contribution in [0.5, 0.6) is 5.75 Å². The van der Waals surface area contributed by atoms with Crippen molar-refractivity contribution in [1.29, 1.82) is 0 Å². The summed E-state index contributed by atoms with van der Waals surface area (Å²) >= 11 is 0. The predicted molar refractivity (Wildman–Crippen MR) is 54.8 cm³/mol. The summed E-state index contributed by atoms with van der Waals surface area (Å²) in [6, 6.07) is 3.40. The van der Waals surface area contributed by atoms with Gasteiger partial charge in [-0.1, -0.05) is 0 Å². The molecular formula is C11H12FNO3. The highest BCUT2D eigenvalue weighted by molar-refractivity contribution is 5.94. The van der Waals surface area contributed by atoms with Crippen LogP contribution >= 0.6 is 0 Å². The van der Waals surface area contributed by atoms with Crippen LogP contribution in [0.25, 0.3) is 0 Å². The molecule has 0 spiro atoms. The van der Waals surface area contributed by atoms with Gasteiger partial charge in [0.05, 0.1) is 18.2 Å². The normalized spacial score (nSPS) is 19.7. The summed E-state index contributed by atoms with van der Waals surface area (Å²) in [5.41, 5.74) is -0.0651. The fraction of sp³-hybridized carbons (Fsp3) is 0.364. The molecule has 2 rings (SSSR count). The first kappa shape index (κ1) is 10.9. The monoisotopic (exact) mass is 225 g/mol. The number of hydrogen-bond acceptors (Lipinski definition) is 3. The molecule has 0 saturated carbocycles. The summed E-state index contributed by atoms with van der Waals surface area (Å²) in [4.78, 5) is 11.6. The molecule has 0 radical (unpaired) electrons. The van der Waals surface area contributed by atoms with E-state index in [4.69, 9.17) is 9.84 Å². The number of aromatic hydroxyl groups is 1. The van der Waals surface area contributed by atoms with Gasteiger partial charge in [-0.2, -0.15) is 0 Å². The van der Waals surface area contributed by atoms with Crippen molar-refractivity contribution < 1.29 is 19.0 Å². The number of rotatable bonds is 2. The first-order valence-electron chi connectivity index (χ1n) is 5.04. The molecule has 5 heteroatoms. The molecule has 1 atom stereocenters. The number of ether oxygens (including phenoxy) is 1. The van der Waals surface area contributed by atoms with Crippen LogP contribution in [0.15, 0.2) is 18.2 Å². The molecule has 1 aliphatic rings. The lowest BCUT2D eigenvalue weighted by atomic mass is 10.1. The van der Waals surface area contributed by atoms with Crippen molar-refractivity contribution in [1.82, 2.24) is 5.32 Å². The quantitative estimate of drug-likeness (QED) is 0.791. The van der Waals surface area contributed by atoms with Crippen LogP contribution in [0.3, 0.4) is 0 Å². The Hall–Kier alpha value is -1.62. The van der Waals surface area contributed by atoms with Crippen LogP contribution in [0.2, 0.25) is 0 Å². The standard InChI is InChI=1S/C11H12FNO3/c12-10-5-8(14)1-2-9(10)11(15)13-7-3-4-16-6-7/h1-2,5,7,14H,3-4,6H2,(H,13,15). The van der Waals surface area contributed by atoms with Gasteiger partial charge >= 0.3 is 0 Å². The Morgan fingerprint density at radius 1 is 1.56 bits per heavy atom. The molecular weight excluding hydrogens is 213 g/mol. The van der Waals surface area contributed by atoms with Crippen molar-refractivity contribution in [2.24, 2.45) is 0 Å². The van der Waals surface area contributed by atoms with Gasteiger partial charge in [0.1, 0.15) is 11.6 Å². The third-order valence-electron chi connectivity index (χ3n) is 2.46. The summed E-state index contributed by atoms with van der Waals surface area (Å²) < 4.78 is 18.4. The fourth-order valence-electron chi connectivity index (χ4n) is 1.60. The van der Waals surface area contributed by atoms with Gasteiger partial charge in [0.15, 0.2) is 0 Å². The average molecular weight is 225 g/mol. The maximum absolute atomic E-state index is 13.3. The molecule has 16 heavy (non-hydrogen) atoms. The van der Waals surface area contributed by atoms with Crippen molar-refractivity contribution in [3.05, 3.63) is 29.6 Å². The van der Waals surface area contributed by atoms with Crippen molar-refractivity contribution in [3.8, 4) is 5.75 Å². The Morgan fingerprint density at radius 2 is 2.38 bits per heavy atom. The number of nitrogens with one attached hydrogen (secondary N) is 1. The van der Waals surface area contributed by atoms with Gasteiger partial charge in [-0.25, -0.2) is 4.39 Å². The van der Waals surface area contributed by atoms with E-state index in [1.165, 1.54) is 12.1 Å². The molecule has 1 amide bonds. The minimum Gasteiger partial charge on any atom is -0.508 e. The Bertz CT molecular complexity index is 402. The van der Waals surface area contributed by atoms with Gasteiger partial charge in [0, 0.05) is 12.7 Å². The Morgan fingerprint density at radius 3 is 3.00 bits per heavy atom. The van der Waals surface area contributed by atoms with Crippen LogP contribution in [0, 0.1) is 5.82 Å². The molecule has 1 aliphatic heterocycles. The maximum Gasteiger partial charge on any atom is 0.254 e. The Labute approximate surface area is 92.0 Å². The van der Waals surface area contributed by atoms with Crippen molar-refractivity contribution in [3.63, 3.8) is 0 Å². The SMILES string of the molecule is O=C(NC1CCOC1)c1ccc(O)cc1F. The van der Waals surface area contributed by atoms with E-state index in [1.807, 2.05) is 0 Å². The maximum atomic E-state index is 13.3. The van der Waals surface area contributed by atoms with E-state index in [2.05, 4.69) is 5.32 Å². The molecule has 4 nitrogen and oxygen atoms in total. The molecule has 0 aliphatic carbocycles. The first-order chi connectivity index (χ1) is 7.66. The van der Waals surface area contributed by atoms with E-state index in [-0.39, 0.29) is 17.4 Å². The molecule has 1 fully saturated rings. The van der Waals surface area contributed by atoms with Gasteiger partial charge in [-0.15, -0.1) is 0 Å². The van der Waals surface area contributed by atoms with Gasteiger partial charge in [-0.05, 0) is 18.6 Å². The molecule has 2 N–H and O–H groups in total. The molecule has 1 aromatic carbocycles. The van der Waals surface area contributed by atoms with E-state index in [0.29, 0.717) is 13.2 Å². The number of halogens is 1. The predicted octanol–water partition coefficient (Wildman–Crippen LogP) is 1.05. The van der Waals surface area contributed by atoms with Crippen LogP contribution in [0.4, 0.5) is 4.39 Å². The number of carbonyl (C=O) groups is 1. The second-order valence-electron chi connectivity index (χ2n) is 3.70. The van der Waals surface area contributed by atoms with Crippen LogP contribution in [-0.4, -0.2) is 30.3 Å². The van der Waals surface area contributed by atoms with Gasteiger partial charge in [0.2, 0.25) is 0 Å². The zero-order chi connectivity index (χ0) is 11.5. The van der Waals surface area contributed by atoms with Crippen molar-refractivity contribution in [2.75, 3.05) is 13.2 Å². The second-order valence-corrected chi connectivity index (χ2v) is 3.70. The summed E-state index contributed by atoms with van der Waals surface area (Å²) in [6.45, 7) is 1.08. The van der Waals surface area contributed by atoms with E-state index in [1.54, 1.807) is 0 Å². The smallest absolute Gasteiger partial charge is 0.254 e. The van der Waals surface area contributed by atoms with Crippen molar-refractivity contribution in [2.45, 2.75) is 12.5 Å². The number of hydrogen-bond donors (Lipinski definition) is 2. The second kappa shape index (κ2) is 4.49. The number of carbonyl (C=O) groups excluding carboxylic acids is 1. The molecule has 0 aromatic heterocycles. The van der Waals surface area contributed by atoms with Crippen LogP contribution < -0.4 is 5.32 Å². The summed E-state index contributed by atoms with van der Waals surface area (Å²) in [5.74, 6) is -1.40. The Balaban J connectivity index is 2.08. The van der Waals surface area contributed by atoms with Crippen LogP contribution in [0.1, 0.15) is 16.8 Å². The highest BCUT2D eigenvalue weighted by atomic mass is 19.1. The third kappa shape index (κ3) is 2.30. The average Bonchev–Trinajstić information content (AvgIpc) is 2.70. The minimum absolute atomic E-state index is 0.0549. The van der Waals surface area contributed by atoms with Gasteiger partial charge < -0.3 is 15.2 Å². The van der Waals surface area contributed by atoms with E-state index in [9.17, 15) is 9.18 Å². The first-order valence-corrected chi connectivity index (χ1v) is 5.04. The molecule has 86 valence electrons. The molecule has 1 unspecified atom stereocenters. The topological polar surface area (TPSA) is 58.6 Å². The van der Waals surface area contributed by atoms with Crippen LogP contribution in [-0.2, 0) is 4.74 Å². The lowest BCUT2D eigenvalue weighted by Crippen LogP contribution is -2.35. The summed E-state index contributed by atoms with van der Waals surface area (Å²) in [5, 5.41) is 11.7. The van der Waals surface area contributed by atoms with Crippen molar-refractivity contribution >= 4 is 5.91 Å². The number of benzene rings is 1. The van der Waals surface area contributed by atoms with Gasteiger partial charge in [0.25, 0.3) is 5.91 Å². The molecule has 1 aromatic rings. The zero-order valence-corrected chi connectivity index (χ0v) is 8.57. The largest absolute Gasteiger partial charge is 0.508 e. The van der Waals surface area contributed by atoms with E-state index < -0.39 is 11.7 Å². The van der Waals surface area contributed by atoms with Gasteiger partial charge in [-0.3, -0.25) is 4.79 Å². The number of phenols is 1. The Kier molecular flexibility index (Phi) is 3.05. The zero-order valence-electron chi connectivity index (χ0n) is 8.57. The lowest BCUT2D eigenvalue weighted by molar-refractivity contribution is 0.0926. The number of phenolic OH excluding ortho intramolecular Hbond substituents is 1. The summed E-state index contributed by atoms with van der Waals surface area (Å²) in [7, 11) is 0. The fourth-order valence-corrected chi connectivity index (χ4v) is 1.60. The molecule has 0 bridgehead atoms. The molecule has 1 heterocycles.